The van der Waals surface area contributed by atoms with Crippen LogP contribution in [-0.4, -0.2) is 71.1 Å². The first-order chi connectivity index (χ1) is 20.3. The van der Waals surface area contributed by atoms with Gasteiger partial charge in [0.15, 0.2) is 0 Å². The largest absolute Gasteiger partial charge is 0.496 e. The van der Waals surface area contributed by atoms with Gasteiger partial charge in [-0.15, -0.1) is 0 Å². The second kappa shape index (κ2) is 11.3. The van der Waals surface area contributed by atoms with E-state index in [0.29, 0.717) is 24.4 Å². The number of Topliss-reactive ketones (excluding diaryl/α,β-unsaturated/α-hetero) is 1. The van der Waals surface area contributed by atoms with E-state index in [1.54, 1.807) is 19.2 Å². The minimum absolute atomic E-state index is 0.00750. The maximum atomic E-state index is 14.0. The van der Waals surface area contributed by atoms with Crippen LogP contribution >= 0.6 is 0 Å². The first kappa shape index (κ1) is 27.5. The number of fused-ring (bicyclic) bond motifs is 2. The van der Waals surface area contributed by atoms with Gasteiger partial charge in [-0.05, 0) is 55.0 Å². The molecule has 1 aromatic heterocycles. The van der Waals surface area contributed by atoms with E-state index in [1.165, 1.54) is 4.90 Å². The number of ketones is 1. The van der Waals surface area contributed by atoms with Crippen LogP contribution in [-0.2, 0) is 32.1 Å². The molecule has 3 aliphatic rings. The third-order valence-electron chi connectivity index (χ3n) is 8.34. The minimum atomic E-state index is -1.20. The average Bonchev–Trinajstić information content (AvgIpc) is 3.55. The molecule has 0 bridgehead atoms. The predicted molar refractivity (Wildman–Crippen MR) is 152 cm³/mol. The fourth-order valence-corrected chi connectivity index (χ4v) is 5.84. The zero-order chi connectivity index (χ0) is 29.4. The van der Waals surface area contributed by atoms with Crippen molar-refractivity contribution in [2.45, 2.75) is 56.8 Å². The molecular weight excluding hydrogens is 538 g/mol. The van der Waals surface area contributed by atoms with Gasteiger partial charge in [0.1, 0.15) is 17.5 Å². The van der Waals surface area contributed by atoms with Crippen LogP contribution in [0.4, 0.5) is 0 Å². The highest BCUT2D eigenvalue weighted by Crippen LogP contribution is 2.30. The predicted octanol–water partition coefficient (Wildman–Crippen LogP) is 1.60. The number of carbonyl (C=O) groups excluding carboxylic acids is 5. The molecule has 2 fully saturated rings. The molecule has 6 rings (SSSR count). The number of aromatic nitrogens is 1. The van der Waals surface area contributed by atoms with E-state index in [1.807, 2.05) is 36.4 Å². The first-order valence-electron chi connectivity index (χ1n) is 14.3. The third kappa shape index (κ3) is 5.46. The molecule has 218 valence electrons. The van der Waals surface area contributed by atoms with E-state index >= 15 is 0 Å². The molecule has 1 saturated carbocycles. The summed E-state index contributed by atoms with van der Waals surface area (Å²) >= 11 is 0. The minimum Gasteiger partial charge on any atom is -0.496 e. The fraction of sp³-hybridized carbons (Fsp3) is 0.387. The molecule has 3 aromatic rings. The second-order valence-corrected chi connectivity index (χ2v) is 11.2. The lowest BCUT2D eigenvalue weighted by Crippen LogP contribution is -2.57. The van der Waals surface area contributed by atoms with Crippen molar-refractivity contribution in [1.82, 2.24) is 25.8 Å². The molecule has 2 aromatic carbocycles. The van der Waals surface area contributed by atoms with Crippen LogP contribution in [0.2, 0.25) is 0 Å². The smallest absolute Gasteiger partial charge is 0.289 e. The zero-order valence-corrected chi connectivity index (χ0v) is 23.3. The third-order valence-corrected chi connectivity index (χ3v) is 8.34. The average molecular weight is 572 g/mol. The fourth-order valence-electron chi connectivity index (χ4n) is 5.84. The van der Waals surface area contributed by atoms with Crippen LogP contribution in [0.25, 0.3) is 10.9 Å². The van der Waals surface area contributed by atoms with Gasteiger partial charge >= 0.3 is 0 Å². The number of methoxy groups -OCH3 is 1. The van der Waals surface area contributed by atoms with E-state index in [-0.39, 0.29) is 37.2 Å². The van der Waals surface area contributed by atoms with Crippen molar-refractivity contribution < 1.29 is 28.7 Å². The first-order valence-corrected chi connectivity index (χ1v) is 14.3. The van der Waals surface area contributed by atoms with Gasteiger partial charge in [0.05, 0.1) is 13.2 Å². The van der Waals surface area contributed by atoms with E-state index in [2.05, 4.69) is 20.9 Å². The Morgan fingerprint density at radius 1 is 1.05 bits per heavy atom. The van der Waals surface area contributed by atoms with Crippen molar-refractivity contribution in [3.63, 3.8) is 0 Å². The number of hydrogen-bond acceptors (Lipinski definition) is 6. The van der Waals surface area contributed by atoms with Crippen molar-refractivity contribution in [2.75, 3.05) is 13.7 Å². The lowest BCUT2D eigenvalue weighted by molar-refractivity contribution is -0.141. The van der Waals surface area contributed by atoms with Crippen molar-refractivity contribution >= 4 is 40.3 Å². The van der Waals surface area contributed by atoms with E-state index < -0.39 is 35.6 Å². The van der Waals surface area contributed by atoms with Gasteiger partial charge in [0.25, 0.3) is 11.8 Å². The molecular formula is C31H33N5O6. The summed E-state index contributed by atoms with van der Waals surface area (Å²) in [7, 11) is 1.56. The van der Waals surface area contributed by atoms with Crippen molar-refractivity contribution in [3.05, 3.63) is 65.4 Å². The molecule has 4 amide bonds. The molecule has 3 heterocycles. The molecule has 2 aliphatic heterocycles. The number of hydrogen-bond donors (Lipinski definition) is 4. The number of benzene rings is 2. The number of H-pyrrole nitrogens is 1. The summed E-state index contributed by atoms with van der Waals surface area (Å²) in [6.07, 6.45) is 2.36. The molecule has 4 N–H and O–H groups in total. The number of carbonyl (C=O) groups is 5. The monoisotopic (exact) mass is 571 g/mol. The van der Waals surface area contributed by atoms with Crippen molar-refractivity contribution in [1.29, 1.82) is 0 Å². The number of nitrogens with zero attached hydrogens (tertiary/aromatic N) is 1. The maximum absolute atomic E-state index is 14.0. The van der Waals surface area contributed by atoms with Gasteiger partial charge in [0.2, 0.25) is 17.6 Å². The van der Waals surface area contributed by atoms with Crippen LogP contribution in [0.3, 0.4) is 0 Å². The SMILES string of the molecule is COc1cccc2[nH]c(C(=O)N3Cc4ccccc4CC3C(=O)NC(CC3CCNC3=O)C(=O)C(=O)NC3CC3)cc12. The highest BCUT2D eigenvalue weighted by atomic mass is 16.5. The van der Waals surface area contributed by atoms with E-state index in [0.717, 1.165) is 34.9 Å². The summed E-state index contributed by atoms with van der Waals surface area (Å²) in [5, 5.41) is 8.94. The van der Waals surface area contributed by atoms with Gasteiger partial charge in [0, 0.05) is 42.4 Å². The Morgan fingerprint density at radius 2 is 1.83 bits per heavy atom. The normalized spacial score (nSPS) is 20.4. The summed E-state index contributed by atoms with van der Waals surface area (Å²) in [6.45, 7) is 0.662. The maximum Gasteiger partial charge on any atom is 0.289 e. The summed E-state index contributed by atoms with van der Waals surface area (Å²) in [5.74, 6) is -2.58. The van der Waals surface area contributed by atoms with Crippen LogP contribution in [0, 0.1) is 5.92 Å². The molecule has 0 radical (unpaired) electrons. The number of rotatable bonds is 9. The highest BCUT2D eigenvalue weighted by molar-refractivity contribution is 6.38. The number of nitrogens with one attached hydrogen (secondary N) is 4. The lowest BCUT2D eigenvalue weighted by atomic mass is 9.91. The van der Waals surface area contributed by atoms with Gasteiger partial charge in [-0.3, -0.25) is 24.0 Å². The number of amides is 4. The Morgan fingerprint density at radius 3 is 2.55 bits per heavy atom. The Balaban J connectivity index is 1.29. The summed E-state index contributed by atoms with van der Waals surface area (Å²) in [6, 6.07) is 12.6. The van der Waals surface area contributed by atoms with Crippen LogP contribution in [0.15, 0.2) is 48.5 Å². The molecule has 3 atom stereocenters. The molecule has 3 unspecified atom stereocenters. The van der Waals surface area contributed by atoms with Crippen LogP contribution in [0.1, 0.15) is 47.3 Å². The van der Waals surface area contributed by atoms with E-state index in [4.69, 9.17) is 4.74 Å². The molecule has 1 aliphatic carbocycles. The quantitative estimate of drug-likeness (QED) is 0.287. The Labute approximate surface area is 242 Å². The van der Waals surface area contributed by atoms with Gasteiger partial charge in [-0.25, -0.2) is 0 Å². The topological polar surface area (TPSA) is 150 Å². The Hall–Kier alpha value is -4.67. The zero-order valence-electron chi connectivity index (χ0n) is 23.3. The number of ether oxygens (including phenoxy) is 1. The highest BCUT2D eigenvalue weighted by Gasteiger charge is 2.40. The summed E-state index contributed by atoms with van der Waals surface area (Å²) in [4.78, 5) is 70.8. The Bertz CT molecular complexity index is 1580. The lowest BCUT2D eigenvalue weighted by Gasteiger charge is -2.36. The van der Waals surface area contributed by atoms with Gasteiger partial charge < -0.3 is 30.6 Å². The molecule has 11 heteroatoms. The molecule has 11 nitrogen and oxygen atoms in total. The second-order valence-electron chi connectivity index (χ2n) is 11.2. The Kier molecular flexibility index (Phi) is 7.40. The van der Waals surface area contributed by atoms with Crippen LogP contribution in [0.5, 0.6) is 5.75 Å². The van der Waals surface area contributed by atoms with Gasteiger partial charge in [-0.2, -0.15) is 0 Å². The molecule has 42 heavy (non-hydrogen) atoms. The summed E-state index contributed by atoms with van der Waals surface area (Å²) in [5.41, 5.74) is 2.86. The van der Waals surface area contributed by atoms with Crippen molar-refractivity contribution in [2.24, 2.45) is 5.92 Å². The van der Waals surface area contributed by atoms with Crippen LogP contribution < -0.4 is 20.7 Å². The van der Waals surface area contributed by atoms with E-state index in [9.17, 15) is 24.0 Å². The number of aromatic amines is 1. The standard InChI is InChI=1S/C31H33N5O6/c1-42-26-8-4-7-22-21(26)15-24(34-22)31(41)36-16-19-6-3-2-5-17(19)14-25(36)29(39)35-23(13-18-11-12-32-28(18)38)27(37)30(40)33-20-9-10-20/h2-8,15,18,20,23,25,34H,9-14,16H2,1H3,(H,32,38)(H,33,40)(H,35,39). The van der Waals surface area contributed by atoms with Gasteiger partial charge in [-0.1, -0.05) is 30.3 Å². The van der Waals surface area contributed by atoms with Crippen molar-refractivity contribution in [3.8, 4) is 5.75 Å². The molecule has 1 saturated heterocycles. The summed E-state index contributed by atoms with van der Waals surface area (Å²) < 4.78 is 5.45. The molecule has 0 spiro atoms.